The van der Waals surface area contributed by atoms with Crippen molar-refractivity contribution < 1.29 is 0 Å². The Labute approximate surface area is 107 Å². The highest BCUT2D eigenvalue weighted by molar-refractivity contribution is 9.10. The predicted molar refractivity (Wildman–Crippen MR) is 72.6 cm³/mol. The van der Waals surface area contributed by atoms with Gasteiger partial charge in [0, 0.05) is 22.4 Å². The molecule has 1 N–H and O–H groups in total. The van der Waals surface area contributed by atoms with Crippen molar-refractivity contribution in [1.82, 2.24) is 10.3 Å². The second-order valence-electron chi connectivity index (χ2n) is 4.39. The average Bonchev–Trinajstić information content (AvgIpc) is 2.29. The van der Waals surface area contributed by atoms with E-state index in [0.717, 1.165) is 17.4 Å². The van der Waals surface area contributed by atoms with Crippen molar-refractivity contribution in [3.8, 4) is 0 Å². The van der Waals surface area contributed by atoms with Gasteiger partial charge in [0.1, 0.15) is 0 Å². The minimum atomic E-state index is 0.547. The van der Waals surface area contributed by atoms with Crippen molar-refractivity contribution in [2.45, 2.75) is 39.7 Å². The number of hydrogen-bond donors (Lipinski definition) is 1. The van der Waals surface area contributed by atoms with Crippen molar-refractivity contribution in [2.24, 2.45) is 5.92 Å². The summed E-state index contributed by atoms with van der Waals surface area (Å²) in [5.74, 6) is 0.611. The van der Waals surface area contributed by atoms with Crippen molar-refractivity contribution in [3.63, 3.8) is 0 Å². The van der Waals surface area contributed by atoms with E-state index in [0.29, 0.717) is 12.0 Å². The van der Waals surface area contributed by atoms with Crippen LogP contribution in [0.2, 0.25) is 0 Å². The maximum atomic E-state index is 4.41. The highest BCUT2D eigenvalue weighted by atomic mass is 79.9. The summed E-state index contributed by atoms with van der Waals surface area (Å²) in [7, 11) is 0. The SMILES string of the molecule is CCCNC(C)C(C)Cc1ccc(Br)cn1. The number of hydrogen-bond acceptors (Lipinski definition) is 2. The molecule has 1 aromatic heterocycles. The highest BCUT2D eigenvalue weighted by Crippen LogP contribution is 2.13. The van der Waals surface area contributed by atoms with Gasteiger partial charge in [-0.05, 0) is 60.3 Å². The number of nitrogens with zero attached hydrogens (tertiary/aromatic N) is 1. The van der Waals surface area contributed by atoms with Crippen LogP contribution in [0.25, 0.3) is 0 Å². The maximum Gasteiger partial charge on any atom is 0.0413 e. The Morgan fingerprint density at radius 3 is 2.69 bits per heavy atom. The fourth-order valence-corrected chi connectivity index (χ4v) is 1.84. The molecule has 1 aromatic rings. The van der Waals surface area contributed by atoms with Gasteiger partial charge < -0.3 is 5.32 Å². The summed E-state index contributed by atoms with van der Waals surface area (Å²) in [5.41, 5.74) is 1.17. The third-order valence-corrected chi connectivity index (χ3v) is 3.36. The fraction of sp³-hybridized carbons (Fsp3) is 0.615. The second kappa shape index (κ2) is 7.02. The average molecular weight is 285 g/mol. The van der Waals surface area contributed by atoms with E-state index >= 15 is 0 Å². The van der Waals surface area contributed by atoms with Crippen molar-refractivity contribution in [3.05, 3.63) is 28.5 Å². The van der Waals surface area contributed by atoms with Gasteiger partial charge in [0.2, 0.25) is 0 Å². The molecule has 2 unspecified atom stereocenters. The Bertz CT molecular complexity index is 297. The van der Waals surface area contributed by atoms with Crippen LogP contribution < -0.4 is 5.32 Å². The lowest BCUT2D eigenvalue weighted by Gasteiger charge is -2.20. The van der Waals surface area contributed by atoms with Crippen LogP contribution in [0.4, 0.5) is 0 Å². The molecule has 0 amide bonds. The summed E-state index contributed by atoms with van der Waals surface area (Å²) in [5, 5.41) is 3.53. The molecule has 90 valence electrons. The van der Waals surface area contributed by atoms with Crippen molar-refractivity contribution in [2.75, 3.05) is 6.54 Å². The topological polar surface area (TPSA) is 24.9 Å². The van der Waals surface area contributed by atoms with Gasteiger partial charge in [0.15, 0.2) is 0 Å². The lowest BCUT2D eigenvalue weighted by Crippen LogP contribution is -2.33. The normalized spacial score (nSPS) is 14.8. The number of nitrogens with one attached hydrogen (secondary N) is 1. The molecule has 0 bridgehead atoms. The first-order valence-corrected chi connectivity index (χ1v) is 6.76. The summed E-state index contributed by atoms with van der Waals surface area (Å²) in [6.45, 7) is 7.82. The Morgan fingerprint density at radius 1 is 1.38 bits per heavy atom. The van der Waals surface area contributed by atoms with Crippen molar-refractivity contribution in [1.29, 1.82) is 0 Å². The number of rotatable bonds is 6. The summed E-state index contributed by atoms with van der Waals surface area (Å²) in [6.07, 6.45) is 4.09. The van der Waals surface area contributed by atoms with E-state index in [1.54, 1.807) is 0 Å². The van der Waals surface area contributed by atoms with Gasteiger partial charge in [0.25, 0.3) is 0 Å². The van der Waals surface area contributed by atoms with Crippen LogP contribution in [0.3, 0.4) is 0 Å². The summed E-state index contributed by atoms with van der Waals surface area (Å²) >= 11 is 3.40. The summed E-state index contributed by atoms with van der Waals surface area (Å²) < 4.78 is 1.04. The van der Waals surface area contributed by atoms with E-state index in [4.69, 9.17) is 0 Å². The van der Waals surface area contributed by atoms with Crippen LogP contribution >= 0.6 is 15.9 Å². The van der Waals surface area contributed by atoms with Gasteiger partial charge in [-0.25, -0.2) is 0 Å². The van der Waals surface area contributed by atoms with E-state index in [1.807, 2.05) is 6.20 Å². The lowest BCUT2D eigenvalue weighted by molar-refractivity contribution is 0.396. The van der Waals surface area contributed by atoms with Crippen LogP contribution in [-0.2, 0) is 6.42 Å². The maximum absolute atomic E-state index is 4.41. The van der Waals surface area contributed by atoms with Crippen molar-refractivity contribution >= 4 is 15.9 Å². The standard InChI is InChI=1S/C13H21BrN2/c1-4-7-15-11(3)10(2)8-13-6-5-12(14)9-16-13/h5-6,9-11,15H,4,7-8H2,1-3H3. The monoisotopic (exact) mass is 284 g/mol. The Morgan fingerprint density at radius 2 is 2.12 bits per heavy atom. The smallest absolute Gasteiger partial charge is 0.0413 e. The van der Waals surface area contributed by atoms with E-state index in [9.17, 15) is 0 Å². The Kier molecular flexibility index (Phi) is 5.99. The third kappa shape index (κ3) is 4.62. The fourth-order valence-electron chi connectivity index (χ4n) is 1.61. The Balaban J connectivity index is 2.43. The number of aromatic nitrogens is 1. The molecule has 0 aliphatic heterocycles. The van der Waals surface area contributed by atoms with Gasteiger partial charge in [-0.1, -0.05) is 13.8 Å². The van der Waals surface area contributed by atoms with Crippen LogP contribution in [0.15, 0.2) is 22.8 Å². The molecule has 0 fully saturated rings. The summed E-state index contributed by atoms with van der Waals surface area (Å²) in [4.78, 5) is 4.41. The molecular weight excluding hydrogens is 264 g/mol. The molecule has 0 saturated carbocycles. The van der Waals surface area contributed by atoms with Gasteiger partial charge >= 0.3 is 0 Å². The summed E-state index contributed by atoms with van der Waals surface area (Å²) in [6, 6.07) is 4.69. The zero-order valence-corrected chi connectivity index (χ0v) is 11.9. The molecule has 0 saturated heterocycles. The quantitative estimate of drug-likeness (QED) is 0.866. The lowest BCUT2D eigenvalue weighted by atomic mass is 9.97. The van der Waals surface area contributed by atoms with Crippen LogP contribution in [-0.4, -0.2) is 17.6 Å². The minimum absolute atomic E-state index is 0.547. The zero-order valence-electron chi connectivity index (χ0n) is 10.3. The number of halogens is 1. The van der Waals surface area contributed by atoms with E-state index in [2.05, 4.69) is 59.1 Å². The van der Waals surface area contributed by atoms with Gasteiger partial charge in [0.05, 0.1) is 0 Å². The molecule has 16 heavy (non-hydrogen) atoms. The van der Waals surface area contributed by atoms with Gasteiger partial charge in [-0.3, -0.25) is 4.98 Å². The van der Waals surface area contributed by atoms with Crippen LogP contribution in [0.5, 0.6) is 0 Å². The first-order valence-electron chi connectivity index (χ1n) is 5.97. The molecule has 0 aliphatic rings. The van der Waals surface area contributed by atoms with Gasteiger partial charge in [-0.15, -0.1) is 0 Å². The van der Waals surface area contributed by atoms with Crippen LogP contribution in [0, 0.1) is 5.92 Å². The Hall–Kier alpha value is -0.410. The molecule has 0 aliphatic carbocycles. The minimum Gasteiger partial charge on any atom is -0.314 e. The zero-order chi connectivity index (χ0) is 12.0. The molecular formula is C13H21BrN2. The molecule has 1 heterocycles. The predicted octanol–water partition coefficient (Wildman–Crippen LogP) is 3.41. The van der Waals surface area contributed by atoms with Crippen LogP contribution in [0.1, 0.15) is 32.9 Å². The first kappa shape index (κ1) is 13.7. The molecule has 1 rings (SSSR count). The molecule has 2 atom stereocenters. The highest BCUT2D eigenvalue weighted by Gasteiger charge is 2.12. The molecule has 3 heteroatoms. The molecule has 0 aromatic carbocycles. The van der Waals surface area contributed by atoms with E-state index in [1.165, 1.54) is 12.1 Å². The first-order chi connectivity index (χ1) is 7.63. The molecule has 2 nitrogen and oxygen atoms in total. The molecule has 0 spiro atoms. The molecule has 0 radical (unpaired) electrons. The number of pyridine rings is 1. The largest absolute Gasteiger partial charge is 0.314 e. The van der Waals surface area contributed by atoms with E-state index in [-0.39, 0.29) is 0 Å². The third-order valence-electron chi connectivity index (χ3n) is 2.89. The van der Waals surface area contributed by atoms with Gasteiger partial charge in [-0.2, -0.15) is 0 Å². The van der Waals surface area contributed by atoms with E-state index < -0.39 is 0 Å². The second-order valence-corrected chi connectivity index (χ2v) is 5.31.